The molecule has 0 unspecified atom stereocenters. The highest BCUT2D eigenvalue weighted by Gasteiger charge is 2.21. The predicted octanol–water partition coefficient (Wildman–Crippen LogP) is 2.96. The van der Waals surface area contributed by atoms with Crippen LogP contribution < -0.4 is 5.32 Å². The summed E-state index contributed by atoms with van der Waals surface area (Å²) in [5, 5.41) is 12.8. The maximum Gasteiger partial charge on any atom is 0.152 e. The quantitative estimate of drug-likeness (QED) is 0.802. The first kappa shape index (κ1) is 13.6. The third kappa shape index (κ3) is 2.16. The van der Waals surface area contributed by atoms with Crippen molar-refractivity contribution < 1.29 is 0 Å². The van der Waals surface area contributed by atoms with Gasteiger partial charge in [0, 0.05) is 10.9 Å². The molecule has 0 amide bonds. The van der Waals surface area contributed by atoms with Crippen LogP contribution in [0.5, 0.6) is 0 Å². The van der Waals surface area contributed by atoms with Crippen LogP contribution in [-0.2, 0) is 19.4 Å². The third-order valence-corrected chi connectivity index (χ3v) is 5.32. The lowest BCUT2D eigenvalue weighted by molar-refractivity contribution is 0.572. The number of thiophene rings is 1. The van der Waals surface area contributed by atoms with E-state index >= 15 is 0 Å². The highest BCUT2D eigenvalue weighted by atomic mass is 32.1. The molecule has 1 aliphatic carbocycles. The molecule has 114 valence electrons. The van der Waals surface area contributed by atoms with Gasteiger partial charge in [-0.1, -0.05) is 0 Å². The van der Waals surface area contributed by atoms with Gasteiger partial charge in [0.2, 0.25) is 0 Å². The van der Waals surface area contributed by atoms with Gasteiger partial charge in [0.05, 0.1) is 11.9 Å². The van der Waals surface area contributed by atoms with Gasteiger partial charge in [-0.2, -0.15) is 0 Å². The minimum absolute atomic E-state index is 0.350. The average Bonchev–Trinajstić information content (AvgIpc) is 3.19. The van der Waals surface area contributed by atoms with Crippen LogP contribution >= 0.6 is 11.3 Å². The Morgan fingerprint density at radius 3 is 3.09 bits per heavy atom. The summed E-state index contributed by atoms with van der Waals surface area (Å²) in [6.07, 6.45) is 6.98. The zero-order chi connectivity index (χ0) is 15.1. The Morgan fingerprint density at radius 2 is 2.23 bits per heavy atom. The Morgan fingerprint density at radius 1 is 1.32 bits per heavy atom. The molecule has 0 aliphatic heterocycles. The Bertz CT molecular complexity index is 819. The first-order valence-corrected chi connectivity index (χ1v) is 8.43. The van der Waals surface area contributed by atoms with Crippen molar-refractivity contribution in [2.75, 3.05) is 5.32 Å². The van der Waals surface area contributed by atoms with Crippen LogP contribution in [0.3, 0.4) is 0 Å². The van der Waals surface area contributed by atoms with Crippen molar-refractivity contribution in [3.8, 4) is 0 Å². The molecule has 0 fully saturated rings. The number of hydrogen-bond donors (Lipinski definition) is 1. The summed E-state index contributed by atoms with van der Waals surface area (Å²) in [4.78, 5) is 11.5. The van der Waals surface area contributed by atoms with E-state index in [1.54, 1.807) is 12.7 Å². The first-order valence-electron chi connectivity index (χ1n) is 7.61. The second-order valence-electron chi connectivity index (χ2n) is 5.86. The van der Waals surface area contributed by atoms with E-state index in [1.807, 2.05) is 11.3 Å². The number of nitrogens with zero attached hydrogens (tertiary/aromatic N) is 5. The van der Waals surface area contributed by atoms with Gasteiger partial charge in [0.25, 0.3) is 0 Å². The van der Waals surface area contributed by atoms with Gasteiger partial charge in [-0.25, -0.2) is 9.97 Å². The molecule has 0 atom stereocenters. The minimum Gasteiger partial charge on any atom is -0.362 e. The van der Waals surface area contributed by atoms with Crippen molar-refractivity contribution in [2.45, 2.75) is 45.7 Å². The van der Waals surface area contributed by atoms with Crippen molar-refractivity contribution in [1.82, 2.24) is 24.7 Å². The Hall–Kier alpha value is -2.02. The van der Waals surface area contributed by atoms with Crippen LogP contribution in [0.15, 0.2) is 12.7 Å². The number of nitrogens with one attached hydrogen (secondary N) is 1. The lowest BCUT2D eigenvalue weighted by atomic mass is 10.2. The fraction of sp³-hybridized carbons (Fsp3) is 0.467. The molecular formula is C15H18N6S. The number of rotatable bonds is 4. The molecule has 3 heterocycles. The molecule has 0 radical (unpaired) electrons. The van der Waals surface area contributed by atoms with Crippen LogP contribution in [0.25, 0.3) is 10.2 Å². The number of anilines is 1. The van der Waals surface area contributed by atoms with Crippen LogP contribution in [0.1, 0.15) is 42.6 Å². The fourth-order valence-electron chi connectivity index (χ4n) is 3.05. The van der Waals surface area contributed by atoms with E-state index in [0.29, 0.717) is 12.6 Å². The molecule has 0 bridgehead atoms. The summed E-state index contributed by atoms with van der Waals surface area (Å²) in [5.74, 6) is 1.84. The molecule has 7 heteroatoms. The van der Waals surface area contributed by atoms with E-state index in [4.69, 9.17) is 0 Å². The summed E-state index contributed by atoms with van der Waals surface area (Å²) in [6.45, 7) is 4.87. The Balaban J connectivity index is 1.66. The van der Waals surface area contributed by atoms with E-state index in [0.717, 1.165) is 22.9 Å². The van der Waals surface area contributed by atoms with E-state index in [-0.39, 0.29) is 0 Å². The monoisotopic (exact) mass is 314 g/mol. The third-order valence-electron chi connectivity index (χ3n) is 4.12. The van der Waals surface area contributed by atoms with Gasteiger partial charge < -0.3 is 9.88 Å². The number of aryl methyl sites for hydroxylation is 2. The summed E-state index contributed by atoms with van der Waals surface area (Å²) >= 11 is 1.81. The van der Waals surface area contributed by atoms with Crippen molar-refractivity contribution >= 4 is 27.4 Å². The molecule has 4 rings (SSSR count). The highest BCUT2D eigenvalue weighted by molar-refractivity contribution is 7.19. The average molecular weight is 314 g/mol. The number of aromatic nitrogens is 5. The lowest BCUT2D eigenvalue weighted by Gasteiger charge is -2.11. The summed E-state index contributed by atoms with van der Waals surface area (Å²) in [7, 11) is 0. The summed E-state index contributed by atoms with van der Waals surface area (Å²) in [6, 6.07) is 0.350. The van der Waals surface area contributed by atoms with Gasteiger partial charge in [-0.05, 0) is 38.7 Å². The number of fused-ring (bicyclic) bond motifs is 3. The topological polar surface area (TPSA) is 68.5 Å². The Kier molecular flexibility index (Phi) is 3.29. The van der Waals surface area contributed by atoms with Gasteiger partial charge >= 0.3 is 0 Å². The van der Waals surface area contributed by atoms with Crippen LogP contribution in [0.2, 0.25) is 0 Å². The zero-order valence-electron chi connectivity index (χ0n) is 12.7. The second-order valence-corrected chi connectivity index (χ2v) is 6.95. The molecule has 0 aromatic carbocycles. The van der Waals surface area contributed by atoms with E-state index in [1.165, 1.54) is 28.7 Å². The van der Waals surface area contributed by atoms with E-state index in [9.17, 15) is 0 Å². The smallest absolute Gasteiger partial charge is 0.152 e. The standard InChI is InChI=1S/C15H18N6S/c1-9(2)21-8-19-20-12(21)6-16-14-13-10-4-3-5-11(10)22-15(13)18-7-17-14/h7-9H,3-6H2,1-2H3,(H,16,17,18). The van der Waals surface area contributed by atoms with E-state index < -0.39 is 0 Å². The molecule has 0 saturated heterocycles. The molecule has 1 aliphatic rings. The fourth-order valence-corrected chi connectivity index (χ4v) is 4.28. The summed E-state index contributed by atoms with van der Waals surface area (Å²) in [5.41, 5.74) is 1.44. The second kappa shape index (κ2) is 5.31. The molecule has 3 aromatic rings. The molecule has 0 spiro atoms. The van der Waals surface area contributed by atoms with Crippen LogP contribution in [-0.4, -0.2) is 24.7 Å². The maximum absolute atomic E-state index is 4.46. The molecule has 3 aromatic heterocycles. The molecule has 1 N–H and O–H groups in total. The molecule has 6 nitrogen and oxygen atoms in total. The van der Waals surface area contributed by atoms with Gasteiger partial charge in [-0.3, -0.25) is 0 Å². The minimum atomic E-state index is 0.350. The van der Waals surface area contributed by atoms with Crippen LogP contribution in [0, 0.1) is 0 Å². The predicted molar refractivity (Wildman–Crippen MR) is 87.2 cm³/mol. The zero-order valence-corrected chi connectivity index (χ0v) is 13.5. The summed E-state index contributed by atoms with van der Waals surface area (Å²) < 4.78 is 2.07. The SMILES string of the molecule is CC(C)n1cnnc1CNc1ncnc2sc3c(c12)CCC3. The van der Waals surface area contributed by atoms with Crippen molar-refractivity contribution in [2.24, 2.45) is 0 Å². The molecule has 22 heavy (non-hydrogen) atoms. The van der Waals surface area contributed by atoms with Crippen molar-refractivity contribution in [3.63, 3.8) is 0 Å². The van der Waals surface area contributed by atoms with Gasteiger partial charge in [0.15, 0.2) is 5.82 Å². The van der Waals surface area contributed by atoms with Crippen molar-refractivity contribution in [1.29, 1.82) is 0 Å². The molecule has 0 saturated carbocycles. The van der Waals surface area contributed by atoms with Gasteiger partial charge in [0.1, 0.15) is 23.3 Å². The molecular weight excluding hydrogens is 296 g/mol. The van der Waals surface area contributed by atoms with Crippen molar-refractivity contribution in [3.05, 3.63) is 28.9 Å². The number of hydrogen-bond acceptors (Lipinski definition) is 6. The van der Waals surface area contributed by atoms with Gasteiger partial charge in [-0.15, -0.1) is 21.5 Å². The van der Waals surface area contributed by atoms with E-state index in [2.05, 4.69) is 43.9 Å². The van der Waals surface area contributed by atoms with Crippen LogP contribution in [0.4, 0.5) is 5.82 Å². The first-order chi connectivity index (χ1) is 10.7. The normalized spacial score (nSPS) is 14.0. The lowest BCUT2D eigenvalue weighted by Crippen LogP contribution is -2.11. The Labute approximate surface area is 132 Å². The maximum atomic E-state index is 4.46. The highest BCUT2D eigenvalue weighted by Crippen LogP contribution is 2.39. The largest absolute Gasteiger partial charge is 0.362 e.